The number of rotatable bonds is 1. The van der Waals surface area contributed by atoms with Crippen LogP contribution in [-0.2, 0) is 0 Å². The Bertz CT molecular complexity index is 9.61. The average molecular weight is 271 g/mol. The molecule has 0 aliphatic heterocycles. The molecule has 0 rings (SSSR count). The summed E-state index contributed by atoms with van der Waals surface area (Å²) in [5.74, 6) is 0. The first-order chi connectivity index (χ1) is 1.91. The first kappa shape index (κ1) is 9.26. The molecule has 0 aromatic heterocycles. The Morgan fingerprint density at radius 3 is 1.20 bits per heavy atom. The summed E-state index contributed by atoms with van der Waals surface area (Å²) in [6.45, 7) is -0.250. The van der Waals surface area contributed by atoms with Crippen LogP contribution in [0.5, 0.6) is 0 Å². The zero-order valence-electron chi connectivity index (χ0n) is 2.76. The van der Waals surface area contributed by atoms with Crippen LogP contribution < -0.4 is 0 Å². The van der Waals surface area contributed by atoms with Crippen LogP contribution in [0.1, 0.15) is 0 Å². The van der Waals surface area contributed by atoms with E-state index in [0.29, 0.717) is 0 Å². The standard InChI is InChI=1S/C2H6O2.Bi/c3-1-2-4;/h3-4H,1-2H2;. The smallest absolute Gasteiger partial charge is 0.0662 e. The van der Waals surface area contributed by atoms with Gasteiger partial charge in [0, 0.05) is 26.2 Å². The van der Waals surface area contributed by atoms with Crippen LogP contribution in [0.2, 0.25) is 0 Å². The first-order valence-corrected chi connectivity index (χ1v) is 1.13. The van der Waals surface area contributed by atoms with Crippen molar-refractivity contribution in [3.8, 4) is 0 Å². The summed E-state index contributed by atoms with van der Waals surface area (Å²) in [5.41, 5.74) is 0. The molecule has 0 unspecified atom stereocenters. The van der Waals surface area contributed by atoms with Gasteiger partial charge in [-0.15, -0.1) is 0 Å². The average Bonchev–Trinajstić information content (AvgIpc) is 1.37. The molecule has 0 bridgehead atoms. The quantitative estimate of drug-likeness (QED) is 0.575. The summed E-state index contributed by atoms with van der Waals surface area (Å²) >= 11 is 0. The Labute approximate surface area is 49.9 Å². The van der Waals surface area contributed by atoms with Gasteiger partial charge in [-0.2, -0.15) is 0 Å². The van der Waals surface area contributed by atoms with Crippen molar-refractivity contribution >= 4 is 26.2 Å². The second-order valence-corrected chi connectivity index (χ2v) is 0.447. The predicted molar refractivity (Wildman–Crippen MR) is 19.9 cm³/mol. The Morgan fingerprint density at radius 2 is 1.20 bits per heavy atom. The van der Waals surface area contributed by atoms with Crippen LogP contribution in [0, 0.1) is 0 Å². The SMILES string of the molecule is OCCO.[Bi]. The minimum Gasteiger partial charge on any atom is -0.394 e. The van der Waals surface area contributed by atoms with Gasteiger partial charge in [0.1, 0.15) is 0 Å². The van der Waals surface area contributed by atoms with E-state index in [2.05, 4.69) is 0 Å². The summed E-state index contributed by atoms with van der Waals surface area (Å²) in [6.07, 6.45) is 0. The molecule has 2 N–H and O–H groups in total. The molecule has 0 aliphatic carbocycles. The molecule has 0 spiro atoms. The minimum atomic E-state index is -0.125. The summed E-state index contributed by atoms with van der Waals surface area (Å²) in [7, 11) is 0. The molecule has 0 aromatic rings. The zero-order valence-corrected chi connectivity index (χ0v) is 6.23. The van der Waals surface area contributed by atoms with Gasteiger partial charge in [-0.3, -0.25) is 0 Å². The molecule has 3 heteroatoms. The van der Waals surface area contributed by atoms with Crippen molar-refractivity contribution in [2.45, 2.75) is 0 Å². The molecule has 5 heavy (non-hydrogen) atoms. The molecule has 0 fully saturated rings. The maximum Gasteiger partial charge on any atom is 0.0662 e. The third-order valence-electron chi connectivity index (χ3n) is 0.1000. The second-order valence-electron chi connectivity index (χ2n) is 0.447. The Kier molecular flexibility index (Phi) is 16.4. The summed E-state index contributed by atoms with van der Waals surface area (Å²) in [4.78, 5) is 0. The molecule has 0 saturated heterocycles. The van der Waals surface area contributed by atoms with Crippen LogP contribution in [0.3, 0.4) is 0 Å². The van der Waals surface area contributed by atoms with E-state index < -0.39 is 0 Å². The summed E-state index contributed by atoms with van der Waals surface area (Å²) in [5, 5.41) is 15.2. The van der Waals surface area contributed by atoms with E-state index >= 15 is 0 Å². The van der Waals surface area contributed by atoms with Crippen LogP contribution in [0.15, 0.2) is 0 Å². The van der Waals surface area contributed by atoms with Crippen molar-refractivity contribution in [3.63, 3.8) is 0 Å². The fourth-order valence-electron chi connectivity index (χ4n) is 0. The number of hydrogen-bond donors (Lipinski definition) is 2. The topological polar surface area (TPSA) is 40.5 Å². The Hall–Kier alpha value is 0.803. The summed E-state index contributed by atoms with van der Waals surface area (Å²) in [6, 6.07) is 0. The molecule has 0 atom stereocenters. The van der Waals surface area contributed by atoms with Gasteiger partial charge in [-0.25, -0.2) is 0 Å². The predicted octanol–water partition coefficient (Wildman–Crippen LogP) is -1.41. The fourth-order valence-corrected chi connectivity index (χ4v) is 0. The van der Waals surface area contributed by atoms with Crippen molar-refractivity contribution in [1.29, 1.82) is 0 Å². The van der Waals surface area contributed by atoms with Crippen LogP contribution in [0.25, 0.3) is 0 Å². The number of aliphatic hydroxyl groups is 2. The van der Waals surface area contributed by atoms with E-state index in [-0.39, 0.29) is 39.4 Å². The molecule has 0 amide bonds. The molecule has 2 nitrogen and oxygen atoms in total. The fraction of sp³-hybridized carbons (Fsp3) is 1.00. The molecular weight excluding hydrogens is 265 g/mol. The van der Waals surface area contributed by atoms with Gasteiger partial charge < -0.3 is 10.2 Å². The van der Waals surface area contributed by atoms with Gasteiger partial charge >= 0.3 is 0 Å². The van der Waals surface area contributed by atoms with Crippen LogP contribution in [0.4, 0.5) is 0 Å². The van der Waals surface area contributed by atoms with Crippen molar-refractivity contribution in [1.82, 2.24) is 0 Å². The molecule has 0 heterocycles. The molecule has 31 valence electrons. The molecular formula is C2H6BiO2. The minimum absolute atomic E-state index is 0. The van der Waals surface area contributed by atoms with E-state index in [4.69, 9.17) is 10.2 Å². The van der Waals surface area contributed by atoms with Crippen LogP contribution in [-0.4, -0.2) is 49.6 Å². The van der Waals surface area contributed by atoms with Crippen molar-refractivity contribution in [3.05, 3.63) is 0 Å². The third kappa shape index (κ3) is 11.6. The normalized spacial score (nSPS) is 6.00. The Morgan fingerprint density at radius 1 is 1.00 bits per heavy atom. The van der Waals surface area contributed by atoms with Gasteiger partial charge in [0.15, 0.2) is 0 Å². The second kappa shape index (κ2) is 8.84. The van der Waals surface area contributed by atoms with Crippen molar-refractivity contribution < 1.29 is 10.2 Å². The van der Waals surface area contributed by atoms with E-state index in [9.17, 15) is 0 Å². The molecule has 0 saturated carbocycles. The van der Waals surface area contributed by atoms with Gasteiger partial charge in [0.25, 0.3) is 0 Å². The van der Waals surface area contributed by atoms with Gasteiger partial charge in [-0.1, -0.05) is 0 Å². The summed E-state index contributed by atoms with van der Waals surface area (Å²) < 4.78 is 0. The molecule has 0 aliphatic rings. The van der Waals surface area contributed by atoms with Gasteiger partial charge in [0.05, 0.1) is 13.2 Å². The van der Waals surface area contributed by atoms with Crippen molar-refractivity contribution in [2.24, 2.45) is 0 Å². The largest absolute Gasteiger partial charge is 0.394 e. The first-order valence-electron chi connectivity index (χ1n) is 1.13. The Balaban J connectivity index is 0. The number of aliphatic hydroxyl groups excluding tert-OH is 2. The van der Waals surface area contributed by atoms with E-state index in [1.54, 1.807) is 0 Å². The van der Waals surface area contributed by atoms with E-state index in [1.165, 1.54) is 0 Å². The van der Waals surface area contributed by atoms with Gasteiger partial charge in [0.2, 0.25) is 0 Å². The van der Waals surface area contributed by atoms with Gasteiger partial charge in [-0.05, 0) is 0 Å². The van der Waals surface area contributed by atoms with E-state index in [1.807, 2.05) is 0 Å². The van der Waals surface area contributed by atoms with Crippen LogP contribution >= 0.6 is 0 Å². The molecule has 0 aromatic carbocycles. The van der Waals surface area contributed by atoms with Crippen molar-refractivity contribution in [2.75, 3.05) is 13.2 Å². The maximum atomic E-state index is 7.62. The zero-order chi connectivity index (χ0) is 3.41. The maximum absolute atomic E-state index is 7.62. The van der Waals surface area contributed by atoms with E-state index in [0.717, 1.165) is 0 Å². The molecule has 3 radical (unpaired) electrons. The number of hydrogen-bond acceptors (Lipinski definition) is 2. The third-order valence-corrected chi connectivity index (χ3v) is 0.1000. The monoisotopic (exact) mass is 271 g/mol.